The summed E-state index contributed by atoms with van der Waals surface area (Å²) >= 11 is 0. The molecular weight excluding hydrogens is 366 g/mol. The van der Waals surface area contributed by atoms with Crippen molar-refractivity contribution in [3.8, 4) is 5.75 Å². The second-order valence-electron chi connectivity index (χ2n) is 7.30. The number of hydrogen-bond acceptors (Lipinski definition) is 5. The second kappa shape index (κ2) is 7.73. The van der Waals surface area contributed by atoms with Crippen molar-refractivity contribution < 1.29 is 14.3 Å². The largest absolute Gasteiger partial charge is 0.492 e. The number of morpholine rings is 1. The standard InChI is InChI=1S/C23H23N3O3/c27-23-22(18-3-1-2-4-20(18)25-23)21-7-5-16-15-17(6-8-19(16)24-21)29-14-11-26-9-12-28-13-10-26/h1-8,15,24H,9-14H2,(H,25,27). The fourth-order valence-electron chi connectivity index (χ4n) is 3.89. The number of nitrogens with zero attached hydrogens (tertiary/aromatic N) is 1. The maximum atomic E-state index is 12.5. The molecule has 0 aliphatic carbocycles. The van der Waals surface area contributed by atoms with Gasteiger partial charge < -0.3 is 20.1 Å². The molecule has 29 heavy (non-hydrogen) atoms. The fourth-order valence-corrected chi connectivity index (χ4v) is 3.89. The minimum atomic E-state index is -0.0788. The van der Waals surface area contributed by atoms with Gasteiger partial charge in [0.15, 0.2) is 0 Å². The average Bonchev–Trinajstić information content (AvgIpc) is 3.10. The predicted molar refractivity (Wildman–Crippen MR) is 114 cm³/mol. The van der Waals surface area contributed by atoms with Gasteiger partial charge in [0.1, 0.15) is 12.4 Å². The third-order valence-corrected chi connectivity index (χ3v) is 5.44. The zero-order chi connectivity index (χ0) is 19.6. The van der Waals surface area contributed by atoms with Crippen molar-refractivity contribution in [2.45, 2.75) is 0 Å². The smallest absolute Gasteiger partial charge is 0.258 e. The van der Waals surface area contributed by atoms with Crippen LogP contribution in [-0.2, 0) is 9.53 Å². The van der Waals surface area contributed by atoms with E-state index in [4.69, 9.17) is 9.47 Å². The number of amides is 1. The number of benzene rings is 2. The van der Waals surface area contributed by atoms with Gasteiger partial charge in [0.25, 0.3) is 5.91 Å². The van der Waals surface area contributed by atoms with E-state index in [0.29, 0.717) is 12.2 Å². The zero-order valence-electron chi connectivity index (χ0n) is 16.1. The van der Waals surface area contributed by atoms with Gasteiger partial charge in [-0.05, 0) is 30.3 Å². The molecule has 0 spiro atoms. The molecule has 1 fully saturated rings. The van der Waals surface area contributed by atoms with E-state index in [1.54, 1.807) is 0 Å². The van der Waals surface area contributed by atoms with E-state index in [2.05, 4.69) is 15.5 Å². The number of ether oxygens (including phenoxy) is 2. The summed E-state index contributed by atoms with van der Waals surface area (Å²) in [6, 6.07) is 13.8. The lowest BCUT2D eigenvalue weighted by molar-refractivity contribution is -0.110. The van der Waals surface area contributed by atoms with Gasteiger partial charge in [0, 0.05) is 42.1 Å². The Kier molecular flexibility index (Phi) is 4.79. The Balaban J connectivity index is 1.30. The third kappa shape index (κ3) is 3.64. The highest BCUT2D eigenvalue weighted by Crippen LogP contribution is 2.37. The summed E-state index contributed by atoms with van der Waals surface area (Å²) < 4.78 is 11.3. The lowest BCUT2D eigenvalue weighted by atomic mass is 10.0. The molecule has 0 radical (unpaired) electrons. The molecule has 3 aliphatic rings. The van der Waals surface area contributed by atoms with Crippen LogP contribution >= 0.6 is 0 Å². The van der Waals surface area contributed by atoms with Gasteiger partial charge in [0.2, 0.25) is 0 Å². The monoisotopic (exact) mass is 389 g/mol. The van der Waals surface area contributed by atoms with Crippen LogP contribution in [0, 0.1) is 0 Å². The number of rotatable bonds is 4. The van der Waals surface area contributed by atoms with Crippen molar-refractivity contribution in [2.75, 3.05) is 50.1 Å². The molecule has 3 aliphatic heterocycles. The van der Waals surface area contributed by atoms with E-state index >= 15 is 0 Å². The van der Waals surface area contributed by atoms with E-state index in [-0.39, 0.29) is 5.91 Å². The lowest BCUT2D eigenvalue weighted by Gasteiger charge is -2.26. The Hall–Kier alpha value is -3.09. The SMILES string of the molecule is O=C1Nc2ccccc2C1=C1C=Cc2cc(OCCN3CCOCC3)ccc2N1. The number of hydrogen-bond donors (Lipinski definition) is 2. The van der Waals surface area contributed by atoms with Gasteiger partial charge in [-0.25, -0.2) is 0 Å². The van der Waals surface area contributed by atoms with E-state index in [1.165, 1.54) is 0 Å². The molecule has 148 valence electrons. The van der Waals surface area contributed by atoms with E-state index in [9.17, 15) is 4.79 Å². The number of carbonyl (C=O) groups excluding carboxylic acids is 1. The summed E-state index contributed by atoms with van der Waals surface area (Å²) in [5, 5.41) is 6.33. The van der Waals surface area contributed by atoms with Crippen LogP contribution in [0.15, 0.2) is 54.2 Å². The summed E-state index contributed by atoms with van der Waals surface area (Å²) in [4.78, 5) is 14.8. The van der Waals surface area contributed by atoms with Crippen molar-refractivity contribution in [3.63, 3.8) is 0 Å². The molecular formula is C23H23N3O3. The van der Waals surface area contributed by atoms with Gasteiger partial charge in [-0.15, -0.1) is 0 Å². The molecule has 3 heterocycles. The maximum Gasteiger partial charge on any atom is 0.258 e. The molecule has 1 saturated heterocycles. The minimum absolute atomic E-state index is 0.0788. The number of fused-ring (bicyclic) bond motifs is 2. The molecule has 6 nitrogen and oxygen atoms in total. The highest BCUT2D eigenvalue weighted by Gasteiger charge is 2.27. The van der Waals surface area contributed by atoms with E-state index in [0.717, 1.165) is 66.8 Å². The number of para-hydroxylation sites is 1. The number of anilines is 2. The number of allylic oxidation sites excluding steroid dienone is 1. The maximum absolute atomic E-state index is 12.5. The summed E-state index contributed by atoms with van der Waals surface area (Å²) in [6.07, 6.45) is 3.98. The first-order chi connectivity index (χ1) is 14.3. The normalized spacial score (nSPS) is 20.6. The van der Waals surface area contributed by atoms with Crippen LogP contribution in [0.1, 0.15) is 11.1 Å². The molecule has 0 aromatic heterocycles. The molecule has 0 saturated carbocycles. The van der Waals surface area contributed by atoms with Crippen LogP contribution in [0.3, 0.4) is 0 Å². The molecule has 2 aromatic carbocycles. The average molecular weight is 389 g/mol. The summed E-state index contributed by atoms with van der Waals surface area (Å²) in [5.74, 6) is 0.772. The van der Waals surface area contributed by atoms with Crippen LogP contribution in [0.2, 0.25) is 0 Å². The quantitative estimate of drug-likeness (QED) is 0.787. The molecule has 0 bridgehead atoms. The molecule has 0 unspecified atom stereocenters. The Bertz CT molecular complexity index is 1010. The summed E-state index contributed by atoms with van der Waals surface area (Å²) in [6.45, 7) is 5.09. The zero-order valence-corrected chi connectivity index (χ0v) is 16.1. The first kappa shape index (κ1) is 18.0. The highest BCUT2D eigenvalue weighted by molar-refractivity contribution is 6.33. The van der Waals surface area contributed by atoms with Crippen LogP contribution < -0.4 is 15.4 Å². The van der Waals surface area contributed by atoms with Gasteiger partial charge in [-0.2, -0.15) is 0 Å². The second-order valence-corrected chi connectivity index (χ2v) is 7.30. The fraction of sp³-hybridized carbons (Fsp3) is 0.261. The Morgan fingerprint density at radius 1 is 1.00 bits per heavy atom. The molecule has 5 rings (SSSR count). The van der Waals surface area contributed by atoms with Crippen LogP contribution in [0.4, 0.5) is 11.4 Å². The van der Waals surface area contributed by atoms with E-state index < -0.39 is 0 Å². The van der Waals surface area contributed by atoms with Crippen LogP contribution in [0.5, 0.6) is 5.75 Å². The first-order valence-electron chi connectivity index (χ1n) is 9.95. The predicted octanol–water partition coefficient (Wildman–Crippen LogP) is 3.20. The first-order valence-corrected chi connectivity index (χ1v) is 9.95. The highest BCUT2D eigenvalue weighted by atomic mass is 16.5. The Morgan fingerprint density at radius 2 is 1.86 bits per heavy atom. The van der Waals surface area contributed by atoms with Gasteiger partial charge in [-0.1, -0.05) is 24.3 Å². The van der Waals surface area contributed by atoms with Crippen molar-refractivity contribution in [1.82, 2.24) is 4.90 Å². The van der Waals surface area contributed by atoms with Crippen molar-refractivity contribution in [1.29, 1.82) is 0 Å². The van der Waals surface area contributed by atoms with E-state index in [1.807, 2.05) is 54.6 Å². The lowest BCUT2D eigenvalue weighted by Crippen LogP contribution is -2.38. The summed E-state index contributed by atoms with van der Waals surface area (Å²) in [5.41, 5.74) is 5.27. The molecule has 2 N–H and O–H groups in total. The number of carbonyl (C=O) groups is 1. The Morgan fingerprint density at radius 3 is 2.76 bits per heavy atom. The van der Waals surface area contributed by atoms with Gasteiger partial charge >= 0.3 is 0 Å². The molecule has 2 aromatic rings. The minimum Gasteiger partial charge on any atom is -0.492 e. The summed E-state index contributed by atoms with van der Waals surface area (Å²) in [7, 11) is 0. The van der Waals surface area contributed by atoms with Crippen molar-refractivity contribution >= 4 is 28.9 Å². The van der Waals surface area contributed by atoms with Gasteiger partial charge in [-0.3, -0.25) is 9.69 Å². The van der Waals surface area contributed by atoms with Gasteiger partial charge in [0.05, 0.1) is 24.5 Å². The topological polar surface area (TPSA) is 62.8 Å². The van der Waals surface area contributed by atoms with Crippen molar-refractivity contribution in [3.05, 3.63) is 65.4 Å². The molecule has 0 atom stereocenters. The van der Waals surface area contributed by atoms with Crippen LogP contribution in [-0.4, -0.2) is 50.3 Å². The number of nitrogens with one attached hydrogen (secondary N) is 2. The third-order valence-electron chi connectivity index (χ3n) is 5.44. The molecule has 6 heteroatoms. The van der Waals surface area contributed by atoms with Crippen LogP contribution in [0.25, 0.3) is 11.6 Å². The molecule has 1 amide bonds. The van der Waals surface area contributed by atoms with Crippen molar-refractivity contribution in [2.24, 2.45) is 0 Å². The Labute approximate surface area is 169 Å².